The van der Waals surface area contributed by atoms with Gasteiger partial charge in [0.15, 0.2) is 0 Å². The summed E-state index contributed by atoms with van der Waals surface area (Å²) in [5.41, 5.74) is 0.484. The Morgan fingerprint density at radius 1 is 1.24 bits per heavy atom. The summed E-state index contributed by atoms with van der Waals surface area (Å²) in [6.45, 7) is 8.13. The van der Waals surface area contributed by atoms with Crippen molar-refractivity contribution in [1.82, 2.24) is 10.6 Å². The van der Waals surface area contributed by atoms with Crippen LogP contribution in [0.15, 0.2) is 18.2 Å². The van der Waals surface area contributed by atoms with Gasteiger partial charge in [-0.3, -0.25) is 9.59 Å². The molecule has 25 heavy (non-hydrogen) atoms. The smallest absolute Gasteiger partial charge is 0.272 e. The molecule has 2 amide bonds. The predicted molar refractivity (Wildman–Crippen MR) is 91.6 cm³/mol. The number of hydrogen-bond acceptors (Lipinski definition) is 3. The van der Waals surface area contributed by atoms with Gasteiger partial charge in [0.05, 0.1) is 0 Å². The van der Waals surface area contributed by atoms with Gasteiger partial charge in [-0.05, 0) is 38.0 Å². The van der Waals surface area contributed by atoms with Gasteiger partial charge >= 0.3 is 0 Å². The number of ether oxygens (including phenoxy) is 1. The monoisotopic (exact) mass is 356 g/mol. The summed E-state index contributed by atoms with van der Waals surface area (Å²) in [7, 11) is 0. The molecule has 5 nitrogen and oxygen atoms in total. The average molecular weight is 356 g/mol. The van der Waals surface area contributed by atoms with Crippen molar-refractivity contribution < 1.29 is 23.1 Å². The molecule has 1 aromatic rings. The highest BCUT2D eigenvalue weighted by Crippen LogP contribution is 2.20. The van der Waals surface area contributed by atoms with Gasteiger partial charge in [-0.2, -0.15) is 0 Å². The van der Waals surface area contributed by atoms with Gasteiger partial charge in [-0.25, -0.2) is 8.78 Å². The third-order valence-electron chi connectivity index (χ3n) is 3.58. The lowest BCUT2D eigenvalue weighted by atomic mass is 10.0. The van der Waals surface area contributed by atoms with Crippen LogP contribution in [0.25, 0.3) is 0 Å². The fourth-order valence-corrected chi connectivity index (χ4v) is 2.05. The first kappa shape index (κ1) is 20.9. The maximum atomic E-state index is 12.3. The third-order valence-corrected chi connectivity index (χ3v) is 3.58. The zero-order valence-corrected chi connectivity index (χ0v) is 15.3. The number of amides is 2. The van der Waals surface area contributed by atoms with E-state index >= 15 is 0 Å². The molecule has 0 bridgehead atoms. The van der Waals surface area contributed by atoms with Gasteiger partial charge in [-0.15, -0.1) is 0 Å². The van der Waals surface area contributed by atoms with Gasteiger partial charge in [0.2, 0.25) is 11.8 Å². The maximum Gasteiger partial charge on any atom is 0.272 e. The topological polar surface area (TPSA) is 67.4 Å². The second-order valence-corrected chi connectivity index (χ2v) is 6.75. The first-order valence-electron chi connectivity index (χ1n) is 8.13. The highest BCUT2D eigenvalue weighted by Gasteiger charge is 2.29. The molecule has 0 fully saturated rings. The summed E-state index contributed by atoms with van der Waals surface area (Å²) in [5, 5.41) is 5.46. The quantitative estimate of drug-likeness (QED) is 0.753. The number of hydrogen-bond donors (Lipinski definition) is 2. The predicted octanol–water partition coefficient (Wildman–Crippen LogP) is 2.81. The highest BCUT2D eigenvalue weighted by atomic mass is 19.3. The Labute approximate surface area is 147 Å². The Morgan fingerprint density at radius 3 is 2.40 bits per heavy atom. The Kier molecular flexibility index (Phi) is 7.33. The maximum absolute atomic E-state index is 12.3. The van der Waals surface area contributed by atoms with Crippen molar-refractivity contribution in [1.29, 1.82) is 0 Å². The second kappa shape index (κ2) is 8.78. The van der Waals surface area contributed by atoms with Gasteiger partial charge in [0.1, 0.15) is 17.9 Å². The van der Waals surface area contributed by atoms with Crippen LogP contribution < -0.4 is 15.4 Å². The van der Waals surface area contributed by atoms with Crippen LogP contribution >= 0.6 is 0 Å². The highest BCUT2D eigenvalue weighted by molar-refractivity contribution is 5.91. The average Bonchev–Trinajstić information content (AvgIpc) is 2.50. The van der Waals surface area contributed by atoms with Gasteiger partial charge in [-0.1, -0.05) is 26.0 Å². The van der Waals surface area contributed by atoms with Gasteiger partial charge < -0.3 is 15.4 Å². The lowest BCUT2D eigenvalue weighted by Gasteiger charge is -2.26. The molecule has 0 aromatic heterocycles. The first-order valence-corrected chi connectivity index (χ1v) is 8.13. The Hall–Kier alpha value is -2.18. The van der Waals surface area contributed by atoms with Crippen LogP contribution in [0, 0.1) is 12.8 Å². The van der Waals surface area contributed by atoms with E-state index in [0.717, 1.165) is 5.56 Å². The van der Waals surface area contributed by atoms with Crippen LogP contribution in [0.4, 0.5) is 8.78 Å². The molecule has 0 spiro atoms. The lowest BCUT2D eigenvalue weighted by molar-refractivity contribution is -0.133. The minimum absolute atomic E-state index is 0.198. The van der Waals surface area contributed by atoms with Crippen LogP contribution in [-0.4, -0.2) is 30.4 Å². The summed E-state index contributed by atoms with van der Waals surface area (Å²) in [4.78, 5) is 24.1. The molecular formula is C18H26F2N2O3. The summed E-state index contributed by atoms with van der Waals surface area (Å²) in [5.74, 6) is -0.330. The molecule has 0 radical (unpaired) electrons. The van der Waals surface area contributed by atoms with Crippen LogP contribution in [-0.2, 0) is 16.1 Å². The van der Waals surface area contributed by atoms with Crippen molar-refractivity contribution in [2.75, 3.05) is 6.61 Å². The van der Waals surface area contributed by atoms with Crippen molar-refractivity contribution in [2.45, 2.75) is 53.1 Å². The van der Waals surface area contributed by atoms with Crippen molar-refractivity contribution in [3.05, 3.63) is 29.3 Å². The standard InChI is InChI=1S/C18H26F2N2O3/c1-11(2)16(23)22-18(4,5)17(24)21-9-13-6-7-14(12(3)8-13)25-10-15(19)20/h6-8,11,15H,9-10H2,1-5H3,(H,21,24)(H,22,23). The van der Waals surface area contributed by atoms with E-state index in [1.807, 2.05) is 0 Å². The van der Waals surface area contributed by atoms with E-state index in [9.17, 15) is 18.4 Å². The fraction of sp³-hybridized carbons (Fsp3) is 0.556. The van der Waals surface area contributed by atoms with Crippen molar-refractivity contribution in [2.24, 2.45) is 5.92 Å². The van der Waals surface area contributed by atoms with Crippen LogP contribution in [0.5, 0.6) is 5.75 Å². The summed E-state index contributed by atoms with van der Waals surface area (Å²) in [6, 6.07) is 5.07. The van der Waals surface area contributed by atoms with E-state index in [2.05, 4.69) is 10.6 Å². The summed E-state index contributed by atoms with van der Waals surface area (Å²) >= 11 is 0. The fourth-order valence-electron chi connectivity index (χ4n) is 2.05. The molecule has 2 N–H and O–H groups in total. The van der Waals surface area contributed by atoms with Crippen LogP contribution in [0.2, 0.25) is 0 Å². The third kappa shape index (κ3) is 6.68. The number of carbonyl (C=O) groups is 2. The van der Waals surface area contributed by atoms with Crippen LogP contribution in [0.1, 0.15) is 38.8 Å². The molecule has 0 aliphatic rings. The van der Waals surface area contributed by atoms with E-state index < -0.39 is 18.6 Å². The zero-order valence-electron chi connectivity index (χ0n) is 15.3. The van der Waals surface area contributed by atoms with E-state index in [1.165, 1.54) is 0 Å². The molecule has 7 heteroatoms. The SMILES string of the molecule is Cc1cc(CNC(=O)C(C)(C)NC(=O)C(C)C)ccc1OCC(F)F. The normalized spacial score (nSPS) is 11.6. The summed E-state index contributed by atoms with van der Waals surface area (Å²) < 4.78 is 29.4. The molecule has 1 aromatic carbocycles. The Morgan fingerprint density at radius 2 is 1.88 bits per heavy atom. The van der Waals surface area contributed by atoms with E-state index in [4.69, 9.17) is 4.74 Å². The molecular weight excluding hydrogens is 330 g/mol. The van der Waals surface area contributed by atoms with E-state index in [-0.39, 0.29) is 24.3 Å². The van der Waals surface area contributed by atoms with Crippen molar-refractivity contribution in [3.8, 4) is 5.75 Å². The second-order valence-electron chi connectivity index (χ2n) is 6.75. The summed E-state index contributed by atoms with van der Waals surface area (Å²) in [6.07, 6.45) is -2.53. The number of halogens is 2. The number of benzene rings is 1. The molecule has 140 valence electrons. The molecule has 0 saturated heterocycles. The number of nitrogens with one attached hydrogen (secondary N) is 2. The van der Waals surface area contributed by atoms with Crippen molar-refractivity contribution >= 4 is 11.8 Å². The molecule has 0 atom stereocenters. The minimum Gasteiger partial charge on any atom is -0.487 e. The molecule has 0 aliphatic carbocycles. The van der Waals surface area contributed by atoms with E-state index in [1.54, 1.807) is 52.8 Å². The molecule has 0 heterocycles. The molecule has 0 unspecified atom stereocenters. The van der Waals surface area contributed by atoms with Crippen molar-refractivity contribution in [3.63, 3.8) is 0 Å². The number of alkyl halides is 2. The number of aryl methyl sites for hydroxylation is 1. The Bertz CT molecular complexity index is 616. The zero-order chi connectivity index (χ0) is 19.2. The molecule has 0 saturated carbocycles. The number of carbonyl (C=O) groups excluding carboxylic acids is 2. The number of rotatable bonds is 8. The molecule has 0 aliphatic heterocycles. The largest absolute Gasteiger partial charge is 0.487 e. The lowest BCUT2D eigenvalue weighted by Crippen LogP contribution is -2.55. The minimum atomic E-state index is -2.53. The van der Waals surface area contributed by atoms with E-state index in [0.29, 0.717) is 11.3 Å². The first-order chi connectivity index (χ1) is 11.5. The van der Waals surface area contributed by atoms with Crippen LogP contribution in [0.3, 0.4) is 0 Å². The van der Waals surface area contributed by atoms with Gasteiger partial charge in [0, 0.05) is 12.5 Å². The molecule has 1 rings (SSSR count). The Balaban J connectivity index is 2.63. The van der Waals surface area contributed by atoms with Gasteiger partial charge in [0.25, 0.3) is 6.43 Å².